The maximum Gasteiger partial charge on any atom is 0.359 e. The van der Waals surface area contributed by atoms with Crippen LogP contribution in [0.4, 0.5) is 10.8 Å². The van der Waals surface area contributed by atoms with Gasteiger partial charge in [0.1, 0.15) is 0 Å². The molecule has 2 aromatic carbocycles. The third-order valence-corrected chi connectivity index (χ3v) is 5.41. The second kappa shape index (κ2) is 9.49. The van der Waals surface area contributed by atoms with Crippen LogP contribution in [0.5, 0.6) is 0 Å². The largest absolute Gasteiger partial charge is 0.447 e. The number of amides is 1. The SMILES string of the molecule is CCC(OC(=O)c1cnc2ccccc2n1)C(=O)Nc1nc(-c2cccc([N+](=O)[O-])c2)cs1. The van der Waals surface area contributed by atoms with Crippen LogP contribution in [-0.4, -0.2) is 37.9 Å². The third-order valence-electron chi connectivity index (χ3n) is 4.66. The minimum Gasteiger partial charge on any atom is -0.447 e. The number of anilines is 1. The highest BCUT2D eigenvalue weighted by Crippen LogP contribution is 2.27. The van der Waals surface area contributed by atoms with Crippen LogP contribution >= 0.6 is 11.3 Å². The number of non-ortho nitro benzene ring substituents is 1. The monoisotopic (exact) mass is 463 g/mol. The van der Waals surface area contributed by atoms with Crippen LogP contribution in [0.3, 0.4) is 0 Å². The predicted molar refractivity (Wildman–Crippen MR) is 122 cm³/mol. The zero-order valence-electron chi connectivity index (χ0n) is 17.3. The van der Waals surface area contributed by atoms with Crippen molar-refractivity contribution >= 4 is 45.1 Å². The molecular formula is C22H17N5O5S. The average Bonchev–Trinajstić information content (AvgIpc) is 3.30. The van der Waals surface area contributed by atoms with Crippen molar-refractivity contribution in [2.75, 3.05) is 5.32 Å². The third kappa shape index (κ3) is 4.99. The summed E-state index contributed by atoms with van der Waals surface area (Å²) in [4.78, 5) is 48.4. The molecule has 0 aliphatic rings. The summed E-state index contributed by atoms with van der Waals surface area (Å²) in [6.07, 6.45) is 0.485. The van der Waals surface area contributed by atoms with Gasteiger partial charge in [-0.15, -0.1) is 11.3 Å². The van der Waals surface area contributed by atoms with Gasteiger partial charge in [0.05, 0.1) is 27.8 Å². The summed E-state index contributed by atoms with van der Waals surface area (Å²) in [5.74, 6) is -1.30. The van der Waals surface area contributed by atoms with Gasteiger partial charge in [-0.25, -0.2) is 14.8 Å². The van der Waals surface area contributed by atoms with Crippen molar-refractivity contribution in [2.45, 2.75) is 19.4 Å². The van der Waals surface area contributed by atoms with Gasteiger partial charge in [-0.3, -0.25) is 25.2 Å². The van der Waals surface area contributed by atoms with Gasteiger partial charge in [-0.1, -0.05) is 31.2 Å². The van der Waals surface area contributed by atoms with Crippen LogP contribution in [-0.2, 0) is 9.53 Å². The standard InChI is InChI=1S/C22H17N5O5S/c1-2-19(32-21(29)17-11-23-15-8-3-4-9-16(15)24-17)20(28)26-22-25-18(12-33-22)13-6-5-7-14(10-13)27(30)31/h3-12,19H,2H2,1H3,(H,25,26,28). The van der Waals surface area contributed by atoms with Crippen LogP contribution < -0.4 is 5.32 Å². The average molecular weight is 463 g/mol. The highest BCUT2D eigenvalue weighted by Gasteiger charge is 2.24. The number of nitrogens with zero attached hydrogens (tertiary/aromatic N) is 4. The fourth-order valence-electron chi connectivity index (χ4n) is 3.00. The molecule has 1 atom stereocenters. The van der Waals surface area contributed by atoms with Gasteiger partial charge in [0.2, 0.25) is 0 Å². The van der Waals surface area contributed by atoms with E-state index in [1.165, 1.54) is 18.3 Å². The lowest BCUT2D eigenvalue weighted by Crippen LogP contribution is -2.32. The number of carbonyl (C=O) groups excluding carboxylic acids is 2. The summed E-state index contributed by atoms with van der Waals surface area (Å²) in [6.45, 7) is 1.71. The maximum absolute atomic E-state index is 12.7. The number of ether oxygens (including phenoxy) is 1. The minimum atomic E-state index is -1.06. The Morgan fingerprint density at radius 1 is 1.15 bits per heavy atom. The summed E-state index contributed by atoms with van der Waals surface area (Å²) in [6, 6.07) is 13.1. The van der Waals surface area contributed by atoms with Crippen LogP contribution in [0.25, 0.3) is 22.3 Å². The van der Waals surface area contributed by atoms with Crippen LogP contribution in [0, 0.1) is 10.1 Å². The molecule has 33 heavy (non-hydrogen) atoms. The number of para-hydroxylation sites is 2. The first-order valence-corrected chi connectivity index (χ1v) is 10.8. The number of thiazole rings is 1. The molecule has 0 aliphatic heterocycles. The van der Waals surface area contributed by atoms with E-state index >= 15 is 0 Å². The molecule has 1 N–H and O–H groups in total. The number of aromatic nitrogens is 3. The van der Waals surface area contributed by atoms with Crippen molar-refractivity contribution in [1.82, 2.24) is 15.0 Å². The van der Waals surface area contributed by atoms with Crippen LogP contribution in [0.1, 0.15) is 23.8 Å². The molecular weight excluding hydrogens is 446 g/mol. The van der Waals surface area contributed by atoms with Gasteiger partial charge in [-0.2, -0.15) is 0 Å². The molecule has 1 amide bonds. The molecule has 4 rings (SSSR count). The molecule has 10 nitrogen and oxygen atoms in total. The molecule has 11 heteroatoms. The molecule has 0 fully saturated rings. The lowest BCUT2D eigenvalue weighted by Gasteiger charge is -2.14. The quantitative estimate of drug-likeness (QED) is 0.244. The Balaban J connectivity index is 1.44. The van der Waals surface area contributed by atoms with Gasteiger partial charge in [-0.05, 0) is 18.6 Å². The highest BCUT2D eigenvalue weighted by atomic mass is 32.1. The van der Waals surface area contributed by atoms with Gasteiger partial charge in [0.25, 0.3) is 11.6 Å². The Morgan fingerprint density at radius 2 is 1.94 bits per heavy atom. The van der Waals surface area contributed by atoms with E-state index < -0.39 is 22.9 Å². The summed E-state index contributed by atoms with van der Waals surface area (Å²) in [7, 11) is 0. The van der Waals surface area contributed by atoms with E-state index in [1.54, 1.807) is 42.6 Å². The molecule has 166 valence electrons. The molecule has 2 heterocycles. The molecule has 0 aliphatic carbocycles. The molecule has 0 saturated heterocycles. The van der Waals surface area contributed by atoms with E-state index in [2.05, 4.69) is 20.3 Å². The maximum atomic E-state index is 12.7. The zero-order chi connectivity index (χ0) is 23.4. The van der Waals surface area contributed by atoms with Gasteiger partial charge >= 0.3 is 5.97 Å². The van der Waals surface area contributed by atoms with Gasteiger partial charge in [0.15, 0.2) is 16.9 Å². The molecule has 0 bridgehead atoms. The number of nitro benzene ring substituents is 1. The first kappa shape index (κ1) is 22.0. The minimum absolute atomic E-state index is 0.00200. The zero-order valence-corrected chi connectivity index (χ0v) is 18.1. The van der Waals surface area contributed by atoms with Crippen molar-refractivity contribution in [3.05, 3.63) is 75.9 Å². The van der Waals surface area contributed by atoms with Crippen molar-refractivity contribution in [1.29, 1.82) is 0 Å². The fourth-order valence-corrected chi connectivity index (χ4v) is 3.72. The van der Waals surface area contributed by atoms with E-state index in [0.717, 1.165) is 11.3 Å². The summed E-state index contributed by atoms with van der Waals surface area (Å²) >= 11 is 1.16. The second-order valence-electron chi connectivity index (χ2n) is 6.88. The summed E-state index contributed by atoms with van der Waals surface area (Å²) in [5, 5.41) is 15.6. The lowest BCUT2D eigenvalue weighted by molar-refractivity contribution is -0.384. The Labute approximate surface area is 191 Å². The van der Waals surface area contributed by atoms with E-state index in [9.17, 15) is 19.7 Å². The normalized spacial score (nSPS) is 11.7. The number of esters is 1. The van der Waals surface area contributed by atoms with Gasteiger partial charge < -0.3 is 4.74 Å². The van der Waals surface area contributed by atoms with Crippen molar-refractivity contribution in [2.24, 2.45) is 0 Å². The number of fused-ring (bicyclic) bond motifs is 1. The van der Waals surface area contributed by atoms with E-state index in [-0.39, 0.29) is 22.9 Å². The Kier molecular flexibility index (Phi) is 6.31. The number of hydrogen-bond acceptors (Lipinski definition) is 9. The Bertz CT molecular complexity index is 1360. The van der Waals surface area contributed by atoms with E-state index in [1.807, 2.05) is 6.07 Å². The molecule has 2 aromatic heterocycles. The van der Waals surface area contributed by atoms with Crippen molar-refractivity contribution in [3.63, 3.8) is 0 Å². The second-order valence-corrected chi connectivity index (χ2v) is 7.74. The Morgan fingerprint density at radius 3 is 2.70 bits per heavy atom. The number of nitrogens with one attached hydrogen (secondary N) is 1. The van der Waals surface area contributed by atoms with E-state index in [0.29, 0.717) is 22.3 Å². The highest BCUT2D eigenvalue weighted by molar-refractivity contribution is 7.14. The predicted octanol–water partition coefficient (Wildman–Crippen LogP) is 4.24. The van der Waals surface area contributed by atoms with Crippen molar-refractivity contribution in [3.8, 4) is 11.3 Å². The molecule has 0 spiro atoms. The molecule has 0 radical (unpaired) electrons. The summed E-state index contributed by atoms with van der Waals surface area (Å²) < 4.78 is 5.35. The lowest BCUT2D eigenvalue weighted by atomic mass is 10.1. The number of nitro groups is 1. The summed E-state index contributed by atoms with van der Waals surface area (Å²) in [5.41, 5.74) is 2.16. The van der Waals surface area contributed by atoms with Crippen molar-refractivity contribution < 1.29 is 19.2 Å². The first-order valence-electron chi connectivity index (χ1n) is 9.88. The number of hydrogen-bond donors (Lipinski definition) is 1. The first-order chi connectivity index (χ1) is 15.9. The Hall–Kier alpha value is -4.25. The topological polar surface area (TPSA) is 137 Å². The smallest absolute Gasteiger partial charge is 0.359 e. The van der Waals surface area contributed by atoms with Gasteiger partial charge in [0, 0.05) is 23.1 Å². The molecule has 1 unspecified atom stereocenters. The molecule has 4 aromatic rings. The van der Waals surface area contributed by atoms with Crippen LogP contribution in [0.2, 0.25) is 0 Å². The number of carbonyl (C=O) groups is 2. The molecule has 0 saturated carbocycles. The van der Waals surface area contributed by atoms with E-state index in [4.69, 9.17) is 4.74 Å². The fraction of sp³-hybridized carbons (Fsp3) is 0.136. The number of rotatable bonds is 7. The number of benzene rings is 2. The van der Waals surface area contributed by atoms with Crippen LogP contribution in [0.15, 0.2) is 60.1 Å².